The Kier molecular flexibility index (Phi) is 5.76. The van der Waals surface area contributed by atoms with Crippen molar-refractivity contribution in [3.63, 3.8) is 0 Å². The lowest BCUT2D eigenvalue weighted by molar-refractivity contribution is -0.139. The third-order valence-corrected chi connectivity index (χ3v) is 3.16. The minimum atomic E-state index is -0.381. The van der Waals surface area contributed by atoms with E-state index >= 15 is 0 Å². The number of amides is 2. The van der Waals surface area contributed by atoms with E-state index in [1.807, 2.05) is 45.0 Å². The van der Waals surface area contributed by atoms with Gasteiger partial charge in [0.2, 0.25) is 11.8 Å². The second-order valence-electron chi connectivity index (χ2n) is 5.86. The van der Waals surface area contributed by atoms with E-state index < -0.39 is 0 Å². The fraction of sp³-hybridized carbons (Fsp3) is 0.500. The van der Waals surface area contributed by atoms with Crippen LogP contribution < -0.4 is 10.1 Å². The van der Waals surface area contributed by atoms with Crippen LogP contribution in [0.1, 0.15) is 33.3 Å². The summed E-state index contributed by atoms with van der Waals surface area (Å²) in [5.74, 6) is 0.429. The Balaban J connectivity index is 2.63. The predicted octanol–water partition coefficient (Wildman–Crippen LogP) is 1.96. The van der Waals surface area contributed by atoms with E-state index in [0.29, 0.717) is 6.54 Å². The van der Waals surface area contributed by atoms with Crippen LogP contribution in [0.5, 0.6) is 5.75 Å². The van der Waals surface area contributed by atoms with Gasteiger partial charge in [-0.15, -0.1) is 0 Å². The maximum absolute atomic E-state index is 12.0. The quantitative estimate of drug-likeness (QED) is 0.902. The molecule has 0 atom stereocenters. The van der Waals surface area contributed by atoms with Crippen LogP contribution in [-0.4, -0.2) is 35.9 Å². The molecule has 0 aliphatic carbocycles. The topological polar surface area (TPSA) is 58.6 Å². The van der Waals surface area contributed by atoms with E-state index in [1.165, 1.54) is 6.92 Å². The molecule has 0 bridgehead atoms. The summed E-state index contributed by atoms with van der Waals surface area (Å²) in [4.78, 5) is 25.2. The van der Waals surface area contributed by atoms with Crippen molar-refractivity contribution < 1.29 is 14.3 Å². The van der Waals surface area contributed by atoms with Crippen molar-refractivity contribution in [2.75, 3.05) is 13.7 Å². The summed E-state index contributed by atoms with van der Waals surface area (Å²) in [6, 6.07) is 7.51. The molecule has 1 aromatic rings. The van der Waals surface area contributed by atoms with Gasteiger partial charge in [-0.2, -0.15) is 0 Å². The van der Waals surface area contributed by atoms with Gasteiger partial charge in [0.05, 0.1) is 7.11 Å². The zero-order chi connectivity index (χ0) is 16.0. The normalized spacial score (nSPS) is 10.9. The number of ether oxygens (including phenoxy) is 1. The van der Waals surface area contributed by atoms with E-state index in [0.717, 1.165) is 11.3 Å². The van der Waals surface area contributed by atoms with Crippen LogP contribution in [0.3, 0.4) is 0 Å². The highest BCUT2D eigenvalue weighted by atomic mass is 16.5. The second kappa shape index (κ2) is 7.11. The molecular weight excluding hydrogens is 268 g/mol. The van der Waals surface area contributed by atoms with Gasteiger partial charge >= 0.3 is 0 Å². The van der Waals surface area contributed by atoms with Crippen LogP contribution in [-0.2, 0) is 16.1 Å². The zero-order valence-electron chi connectivity index (χ0n) is 13.4. The van der Waals surface area contributed by atoms with Gasteiger partial charge in [0.15, 0.2) is 0 Å². The number of benzene rings is 1. The molecule has 0 radical (unpaired) electrons. The van der Waals surface area contributed by atoms with Gasteiger partial charge in [0.25, 0.3) is 0 Å². The molecule has 2 amide bonds. The van der Waals surface area contributed by atoms with E-state index in [4.69, 9.17) is 4.74 Å². The lowest BCUT2D eigenvalue weighted by atomic mass is 10.1. The minimum absolute atomic E-state index is 0.0496. The molecule has 0 aliphatic rings. The van der Waals surface area contributed by atoms with E-state index in [-0.39, 0.29) is 23.9 Å². The first-order chi connectivity index (χ1) is 9.75. The molecule has 0 fully saturated rings. The molecule has 0 saturated heterocycles. The molecule has 0 unspecified atom stereocenters. The lowest BCUT2D eigenvalue weighted by Crippen LogP contribution is -2.49. The van der Waals surface area contributed by atoms with E-state index in [9.17, 15) is 9.59 Å². The first-order valence-corrected chi connectivity index (χ1v) is 6.92. The molecule has 21 heavy (non-hydrogen) atoms. The maximum Gasteiger partial charge on any atom is 0.239 e. The fourth-order valence-corrected chi connectivity index (χ4v) is 2.06. The van der Waals surface area contributed by atoms with Gasteiger partial charge in [-0.1, -0.05) is 18.2 Å². The Hall–Kier alpha value is -2.04. The van der Waals surface area contributed by atoms with E-state index in [2.05, 4.69) is 5.32 Å². The Morgan fingerprint density at radius 3 is 2.38 bits per heavy atom. The van der Waals surface area contributed by atoms with Crippen molar-refractivity contribution in [1.82, 2.24) is 10.2 Å². The molecule has 5 nitrogen and oxygen atoms in total. The van der Waals surface area contributed by atoms with Crippen LogP contribution in [0.25, 0.3) is 0 Å². The number of carbonyl (C=O) groups excluding carboxylic acids is 2. The van der Waals surface area contributed by atoms with E-state index in [1.54, 1.807) is 12.0 Å². The number of nitrogens with one attached hydrogen (secondary N) is 1. The number of carbonyl (C=O) groups is 2. The Bertz CT molecular complexity index is 506. The molecule has 0 heterocycles. The number of para-hydroxylation sites is 1. The molecule has 1 N–H and O–H groups in total. The smallest absolute Gasteiger partial charge is 0.239 e. The monoisotopic (exact) mass is 292 g/mol. The second-order valence-corrected chi connectivity index (χ2v) is 5.86. The first-order valence-electron chi connectivity index (χ1n) is 6.92. The first kappa shape index (κ1) is 17.0. The molecule has 1 aromatic carbocycles. The largest absolute Gasteiger partial charge is 0.496 e. The average molecular weight is 292 g/mol. The summed E-state index contributed by atoms with van der Waals surface area (Å²) in [5, 5.41) is 2.82. The van der Waals surface area contributed by atoms with Crippen LogP contribution in [0, 0.1) is 0 Å². The van der Waals surface area contributed by atoms with Crippen LogP contribution in [0.4, 0.5) is 0 Å². The SMILES string of the molecule is COc1ccccc1CNC(=O)CN(C(C)=O)C(C)(C)C. The molecule has 0 spiro atoms. The summed E-state index contributed by atoms with van der Waals surface area (Å²) in [6.45, 7) is 7.61. The Morgan fingerprint density at radius 1 is 1.24 bits per heavy atom. The molecule has 5 heteroatoms. The number of nitrogens with zero attached hydrogens (tertiary/aromatic N) is 1. The Labute approximate surface area is 126 Å². The van der Waals surface area contributed by atoms with Crippen LogP contribution in [0.2, 0.25) is 0 Å². The van der Waals surface area contributed by atoms with Crippen LogP contribution in [0.15, 0.2) is 24.3 Å². The van der Waals surface area contributed by atoms with Gasteiger partial charge in [-0.05, 0) is 26.8 Å². The number of hydrogen-bond donors (Lipinski definition) is 1. The summed E-state index contributed by atoms with van der Waals surface area (Å²) in [6.07, 6.45) is 0. The Morgan fingerprint density at radius 2 is 1.86 bits per heavy atom. The highest BCUT2D eigenvalue weighted by Crippen LogP contribution is 2.17. The van der Waals surface area contributed by atoms with Gasteiger partial charge in [-0.25, -0.2) is 0 Å². The summed E-state index contributed by atoms with van der Waals surface area (Å²) in [7, 11) is 1.59. The molecule has 0 aromatic heterocycles. The van der Waals surface area contributed by atoms with Gasteiger partial charge in [-0.3, -0.25) is 9.59 Å². The van der Waals surface area contributed by atoms with Crippen molar-refractivity contribution in [1.29, 1.82) is 0 Å². The lowest BCUT2D eigenvalue weighted by Gasteiger charge is -2.34. The highest BCUT2D eigenvalue weighted by molar-refractivity contribution is 5.84. The van der Waals surface area contributed by atoms with Crippen molar-refractivity contribution in [3.8, 4) is 5.75 Å². The summed E-state index contributed by atoms with van der Waals surface area (Å²) in [5.41, 5.74) is 0.520. The van der Waals surface area contributed by atoms with Crippen molar-refractivity contribution in [3.05, 3.63) is 29.8 Å². The van der Waals surface area contributed by atoms with Crippen molar-refractivity contribution >= 4 is 11.8 Å². The minimum Gasteiger partial charge on any atom is -0.496 e. The molecule has 0 aliphatic heterocycles. The van der Waals surface area contributed by atoms with Gasteiger partial charge in [0, 0.05) is 24.6 Å². The van der Waals surface area contributed by atoms with Gasteiger partial charge in [0.1, 0.15) is 12.3 Å². The van der Waals surface area contributed by atoms with Crippen LogP contribution >= 0.6 is 0 Å². The van der Waals surface area contributed by atoms with Gasteiger partial charge < -0.3 is 15.0 Å². The van der Waals surface area contributed by atoms with Crippen molar-refractivity contribution in [2.45, 2.75) is 39.8 Å². The third kappa shape index (κ3) is 5.10. The number of rotatable bonds is 5. The van der Waals surface area contributed by atoms with Crippen molar-refractivity contribution in [2.24, 2.45) is 0 Å². The molecular formula is C16H24N2O3. The number of hydrogen-bond acceptors (Lipinski definition) is 3. The third-order valence-electron chi connectivity index (χ3n) is 3.16. The predicted molar refractivity (Wildman–Crippen MR) is 82.0 cm³/mol. The average Bonchev–Trinajstić information content (AvgIpc) is 2.41. The fourth-order valence-electron chi connectivity index (χ4n) is 2.06. The molecule has 1 rings (SSSR count). The molecule has 0 saturated carbocycles. The molecule has 116 valence electrons. The number of methoxy groups -OCH3 is 1. The maximum atomic E-state index is 12.0. The highest BCUT2D eigenvalue weighted by Gasteiger charge is 2.25. The zero-order valence-corrected chi connectivity index (χ0v) is 13.4. The standard InChI is InChI=1S/C16H24N2O3/c1-12(19)18(16(2,3)4)11-15(20)17-10-13-8-6-7-9-14(13)21-5/h6-9H,10-11H2,1-5H3,(H,17,20). The summed E-state index contributed by atoms with van der Waals surface area (Å²) < 4.78 is 5.24. The summed E-state index contributed by atoms with van der Waals surface area (Å²) >= 11 is 0.